The quantitative estimate of drug-likeness (QED) is 0.873. The molecule has 0 saturated carbocycles. The van der Waals surface area contributed by atoms with Crippen LogP contribution in [0.3, 0.4) is 0 Å². The van der Waals surface area contributed by atoms with E-state index in [1.54, 1.807) is 12.1 Å². The van der Waals surface area contributed by atoms with Crippen LogP contribution < -0.4 is 10.1 Å². The van der Waals surface area contributed by atoms with Crippen molar-refractivity contribution in [2.75, 3.05) is 20.2 Å². The van der Waals surface area contributed by atoms with Crippen molar-refractivity contribution in [3.8, 4) is 5.75 Å². The minimum absolute atomic E-state index is 0.0725. The third kappa shape index (κ3) is 3.43. The Bertz CT molecular complexity index is 397. The molecule has 1 aliphatic heterocycles. The third-order valence-electron chi connectivity index (χ3n) is 3.14. The Balaban J connectivity index is 1.83. The second-order valence-corrected chi connectivity index (χ2v) is 4.76. The van der Waals surface area contributed by atoms with Gasteiger partial charge in [-0.2, -0.15) is 0 Å². The van der Waals surface area contributed by atoms with Gasteiger partial charge in [0.15, 0.2) is 11.6 Å². The number of nitrogens with one attached hydrogen (secondary N) is 1. The van der Waals surface area contributed by atoms with Gasteiger partial charge in [-0.1, -0.05) is 6.07 Å². The monoisotopic (exact) mass is 253 g/mol. The first-order chi connectivity index (χ1) is 8.69. The number of ether oxygens (including phenoxy) is 2. The van der Waals surface area contributed by atoms with Gasteiger partial charge in [0.05, 0.1) is 12.2 Å². The van der Waals surface area contributed by atoms with Gasteiger partial charge in [-0.15, -0.1) is 0 Å². The number of hydrogen-bond acceptors (Lipinski definition) is 3. The summed E-state index contributed by atoms with van der Waals surface area (Å²) in [7, 11) is 1.91. The van der Waals surface area contributed by atoms with E-state index in [0.29, 0.717) is 12.4 Å². The molecule has 2 atom stereocenters. The smallest absolute Gasteiger partial charge is 0.165 e. The van der Waals surface area contributed by atoms with Gasteiger partial charge in [0.1, 0.15) is 6.61 Å². The molecule has 0 spiro atoms. The van der Waals surface area contributed by atoms with Gasteiger partial charge in [0.2, 0.25) is 0 Å². The minimum Gasteiger partial charge on any atom is -0.488 e. The van der Waals surface area contributed by atoms with Crippen molar-refractivity contribution in [3.63, 3.8) is 0 Å². The highest BCUT2D eigenvalue weighted by atomic mass is 19.1. The van der Waals surface area contributed by atoms with E-state index in [9.17, 15) is 4.39 Å². The normalized spacial score (nSPS) is 23.3. The first-order valence-corrected chi connectivity index (χ1v) is 6.38. The molecule has 1 heterocycles. The molecule has 0 amide bonds. The zero-order valence-electron chi connectivity index (χ0n) is 10.9. The van der Waals surface area contributed by atoms with Crippen LogP contribution in [0.4, 0.5) is 4.39 Å². The molecule has 0 bridgehead atoms. The van der Waals surface area contributed by atoms with Crippen LogP contribution in [0.2, 0.25) is 0 Å². The maximum atomic E-state index is 13.5. The molecule has 100 valence electrons. The molecule has 1 aromatic rings. The number of hydrogen-bond donors (Lipinski definition) is 1. The van der Waals surface area contributed by atoms with E-state index in [1.165, 1.54) is 6.07 Å². The Hall–Kier alpha value is -1.13. The van der Waals surface area contributed by atoms with Crippen LogP contribution in [0.1, 0.15) is 18.4 Å². The summed E-state index contributed by atoms with van der Waals surface area (Å²) in [5.74, 6) is 0.000961. The molecule has 2 unspecified atom stereocenters. The second-order valence-electron chi connectivity index (χ2n) is 4.76. The standard InChI is InChI=1S/C14H20FNO2/c1-10-3-6-13(15)14(7-10)17-9-12-5-4-11(18-12)8-16-2/h3,6-7,11-12,16H,4-5,8-9H2,1-2H3. The molecule has 0 radical (unpaired) electrons. The van der Waals surface area contributed by atoms with E-state index in [2.05, 4.69) is 5.32 Å². The molecule has 1 aliphatic rings. The zero-order chi connectivity index (χ0) is 13.0. The van der Waals surface area contributed by atoms with Crippen molar-refractivity contribution in [1.82, 2.24) is 5.32 Å². The highest BCUT2D eigenvalue weighted by Crippen LogP contribution is 2.22. The van der Waals surface area contributed by atoms with Crippen molar-refractivity contribution < 1.29 is 13.9 Å². The Morgan fingerprint density at radius 3 is 2.94 bits per heavy atom. The van der Waals surface area contributed by atoms with Crippen LogP contribution in [0.5, 0.6) is 5.75 Å². The van der Waals surface area contributed by atoms with E-state index in [-0.39, 0.29) is 18.0 Å². The van der Waals surface area contributed by atoms with Crippen LogP contribution in [-0.4, -0.2) is 32.4 Å². The van der Waals surface area contributed by atoms with Gasteiger partial charge in [-0.25, -0.2) is 4.39 Å². The summed E-state index contributed by atoms with van der Waals surface area (Å²) in [4.78, 5) is 0. The summed E-state index contributed by atoms with van der Waals surface area (Å²) in [6.45, 7) is 3.19. The molecular formula is C14H20FNO2. The molecule has 4 heteroatoms. The molecule has 2 rings (SSSR count). The average molecular weight is 253 g/mol. The molecule has 0 aliphatic carbocycles. The lowest BCUT2D eigenvalue weighted by atomic mass is 10.2. The topological polar surface area (TPSA) is 30.5 Å². The summed E-state index contributed by atoms with van der Waals surface area (Å²) in [6, 6.07) is 4.89. The lowest BCUT2D eigenvalue weighted by Crippen LogP contribution is -2.26. The van der Waals surface area contributed by atoms with Gasteiger partial charge < -0.3 is 14.8 Å². The van der Waals surface area contributed by atoms with Crippen LogP contribution >= 0.6 is 0 Å². The molecular weight excluding hydrogens is 233 g/mol. The molecule has 0 aromatic heterocycles. The van der Waals surface area contributed by atoms with Crippen LogP contribution in [0, 0.1) is 12.7 Å². The molecule has 3 nitrogen and oxygen atoms in total. The highest BCUT2D eigenvalue weighted by Gasteiger charge is 2.25. The first kappa shape index (κ1) is 13.3. The lowest BCUT2D eigenvalue weighted by molar-refractivity contribution is 0.0186. The van der Waals surface area contributed by atoms with Gasteiger partial charge >= 0.3 is 0 Å². The third-order valence-corrected chi connectivity index (χ3v) is 3.14. The Morgan fingerprint density at radius 1 is 1.39 bits per heavy atom. The van der Waals surface area contributed by atoms with E-state index in [4.69, 9.17) is 9.47 Å². The van der Waals surface area contributed by atoms with Crippen molar-refractivity contribution in [3.05, 3.63) is 29.6 Å². The van der Waals surface area contributed by atoms with E-state index in [0.717, 1.165) is 24.9 Å². The largest absolute Gasteiger partial charge is 0.488 e. The average Bonchev–Trinajstić information content (AvgIpc) is 2.79. The summed E-state index contributed by atoms with van der Waals surface area (Å²) >= 11 is 0. The fourth-order valence-electron chi connectivity index (χ4n) is 2.18. The maximum absolute atomic E-state index is 13.5. The van der Waals surface area contributed by atoms with Crippen molar-refractivity contribution in [2.45, 2.75) is 32.0 Å². The fraction of sp³-hybridized carbons (Fsp3) is 0.571. The van der Waals surface area contributed by atoms with E-state index >= 15 is 0 Å². The molecule has 18 heavy (non-hydrogen) atoms. The first-order valence-electron chi connectivity index (χ1n) is 6.38. The summed E-state index contributed by atoms with van der Waals surface area (Å²) in [6.07, 6.45) is 2.33. The zero-order valence-corrected chi connectivity index (χ0v) is 10.9. The van der Waals surface area contributed by atoms with E-state index < -0.39 is 0 Å². The highest BCUT2D eigenvalue weighted by molar-refractivity contribution is 5.29. The van der Waals surface area contributed by atoms with Crippen LogP contribution in [-0.2, 0) is 4.74 Å². The second kappa shape index (κ2) is 6.16. The predicted octanol–water partition coefficient (Wildman–Crippen LogP) is 2.28. The minimum atomic E-state index is -0.314. The Morgan fingerprint density at radius 2 is 2.17 bits per heavy atom. The van der Waals surface area contributed by atoms with Crippen molar-refractivity contribution in [1.29, 1.82) is 0 Å². The van der Waals surface area contributed by atoms with Gasteiger partial charge in [0, 0.05) is 6.54 Å². The molecule has 1 aromatic carbocycles. The van der Waals surface area contributed by atoms with Crippen LogP contribution in [0.15, 0.2) is 18.2 Å². The number of likely N-dealkylation sites (N-methyl/N-ethyl adjacent to an activating group) is 1. The number of aryl methyl sites for hydroxylation is 1. The predicted molar refractivity (Wildman–Crippen MR) is 68.5 cm³/mol. The van der Waals surface area contributed by atoms with Gasteiger partial charge in [-0.05, 0) is 44.5 Å². The number of rotatable bonds is 5. The Kier molecular flexibility index (Phi) is 4.55. The van der Waals surface area contributed by atoms with Crippen molar-refractivity contribution in [2.24, 2.45) is 0 Å². The molecule has 1 fully saturated rings. The SMILES string of the molecule is CNCC1CCC(COc2cc(C)ccc2F)O1. The Labute approximate surface area is 107 Å². The summed E-state index contributed by atoms with van der Waals surface area (Å²) < 4.78 is 24.8. The lowest BCUT2D eigenvalue weighted by Gasteiger charge is -2.15. The number of halogens is 1. The van der Waals surface area contributed by atoms with Gasteiger partial charge in [-0.3, -0.25) is 0 Å². The summed E-state index contributed by atoms with van der Waals surface area (Å²) in [5.41, 5.74) is 0.992. The maximum Gasteiger partial charge on any atom is 0.165 e. The molecule has 1 N–H and O–H groups in total. The van der Waals surface area contributed by atoms with Crippen molar-refractivity contribution >= 4 is 0 Å². The number of benzene rings is 1. The summed E-state index contributed by atoms with van der Waals surface area (Å²) in [5, 5.41) is 3.09. The van der Waals surface area contributed by atoms with E-state index in [1.807, 2.05) is 14.0 Å². The fourth-order valence-corrected chi connectivity index (χ4v) is 2.18. The van der Waals surface area contributed by atoms with Crippen LogP contribution in [0.25, 0.3) is 0 Å². The van der Waals surface area contributed by atoms with Gasteiger partial charge in [0.25, 0.3) is 0 Å². The molecule has 1 saturated heterocycles.